The molecule has 0 aromatic heterocycles. The standard InChI is InChI=1S/C10H12O4/c1-4-8(7(3)10(13)14)5-6(2)9(11)12/h4-5,8H,1,3H2,2H3,(H,11,12)(H,13,14). The van der Waals surface area contributed by atoms with Gasteiger partial charge >= 0.3 is 11.9 Å². The molecular weight excluding hydrogens is 184 g/mol. The maximum absolute atomic E-state index is 10.5. The topological polar surface area (TPSA) is 74.6 Å². The Morgan fingerprint density at radius 3 is 2.07 bits per heavy atom. The first kappa shape index (κ1) is 12.2. The number of hydrogen-bond donors (Lipinski definition) is 2. The first-order valence-corrected chi connectivity index (χ1v) is 3.86. The van der Waals surface area contributed by atoms with E-state index in [1.807, 2.05) is 0 Å². The van der Waals surface area contributed by atoms with Crippen LogP contribution in [0, 0.1) is 5.92 Å². The van der Waals surface area contributed by atoms with E-state index in [1.165, 1.54) is 19.1 Å². The Kier molecular flexibility index (Phi) is 4.35. The molecule has 0 fully saturated rings. The Balaban J connectivity index is 4.85. The van der Waals surface area contributed by atoms with Crippen LogP contribution in [0.1, 0.15) is 6.92 Å². The van der Waals surface area contributed by atoms with Gasteiger partial charge < -0.3 is 10.2 Å². The van der Waals surface area contributed by atoms with Crippen LogP contribution in [0.3, 0.4) is 0 Å². The lowest BCUT2D eigenvalue weighted by Crippen LogP contribution is -2.09. The average Bonchev–Trinajstić information content (AvgIpc) is 2.12. The summed E-state index contributed by atoms with van der Waals surface area (Å²) in [6.07, 6.45) is 2.63. The maximum Gasteiger partial charge on any atom is 0.331 e. The number of aliphatic carboxylic acids is 2. The monoisotopic (exact) mass is 196 g/mol. The molecule has 4 heteroatoms. The molecule has 0 aliphatic carbocycles. The molecule has 76 valence electrons. The van der Waals surface area contributed by atoms with Crippen LogP contribution in [0.5, 0.6) is 0 Å². The van der Waals surface area contributed by atoms with Gasteiger partial charge in [-0.2, -0.15) is 0 Å². The van der Waals surface area contributed by atoms with Gasteiger partial charge in [-0.3, -0.25) is 0 Å². The number of allylic oxidation sites excluding steroid dienone is 2. The van der Waals surface area contributed by atoms with Gasteiger partial charge in [-0.15, -0.1) is 6.58 Å². The second kappa shape index (κ2) is 5.01. The van der Waals surface area contributed by atoms with Crippen molar-refractivity contribution in [3.05, 3.63) is 36.5 Å². The fourth-order valence-electron chi connectivity index (χ4n) is 0.794. The zero-order chi connectivity index (χ0) is 11.3. The summed E-state index contributed by atoms with van der Waals surface area (Å²) in [4.78, 5) is 21.0. The van der Waals surface area contributed by atoms with E-state index >= 15 is 0 Å². The molecule has 0 aromatic carbocycles. The third-order valence-electron chi connectivity index (χ3n) is 1.70. The molecule has 1 unspecified atom stereocenters. The van der Waals surface area contributed by atoms with Crippen molar-refractivity contribution in [2.75, 3.05) is 0 Å². The summed E-state index contributed by atoms with van der Waals surface area (Å²) in [5.41, 5.74) is -0.0297. The van der Waals surface area contributed by atoms with E-state index < -0.39 is 17.9 Å². The average molecular weight is 196 g/mol. The third kappa shape index (κ3) is 3.26. The summed E-state index contributed by atoms with van der Waals surface area (Å²) in [7, 11) is 0. The zero-order valence-corrected chi connectivity index (χ0v) is 7.86. The molecule has 0 spiro atoms. The van der Waals surface area contributed by atoms with Crippen LogP contribution in [0.25, 0.3) is 0 Å². The lowest BCUT2D eigenvalue weighted by atomic mass is 9.98. The van der Waals surface area contributed by atoms with Gasteiger partial charge in [-0.25, -0.2) is 9.59 Å². The van der Waals surface area contributed by atoms with Crippen molar-refractivity contribution in [1.29, 1.82) is 0 Å². The van der Waals surface area contributed by atoms with Crippen LogP contribution in [0.2, 0.25) is 0 Å². The van der Waals surface area contributed by atoms with E-state index in [4.69, 9.17) is 10.2 Å². The van der Waals surface area contributed by atoms with Crippen molar-refractivity contribution in [2.24, 2.45) is 5.92 Å². The van der Waals surface area contributed by atoms with Crippen molar-refractivity contribution < 1.29 is 19.8 Å². The smallest absolute Gasteiger partial charge is 0.331 e. The lowest BCUT2D eigenvalue weighted by Gasteiger charge is -2.07. The highest BCUT2D eigenvalue weighted by molar-refractivity contribution is 5.89. The second-order valence-corrected chi connectivity index (χ2v) is 2.75. The molecule has 0 rings (SSSR count). The van der Waals surface area contributed by atoms with Crippen LogP contribution in [0.15, 0.2) is 36.5 Å². The molecule has 2 N–H and O–H groups in total. The summed E-state index contributed by atoms with van der Waals surface area (Å²) >= 11 is 0. The summed E-state index contributed by atoms with van der Waals surface area (Å²) in [5.74, 6) is -2.90. The number of hydrogen-bond acceptors (Lipinski definition) is 2. The molecule has 0 aliphatic rings. The van der Waals surface area contributed by atoms with E-state index in [9.17, 15) is 9.59 Å². The van der Waals surface area contributed by atoms with Gasteiger partial charge in [0.15, 0.2) is 0 Å². The molecule has 0 heterocycles. The highest BCUT2D eigenvalue weighted by Gasteiger charge is 2.14. The number of carboxylic acids is 2. The quantitative estimate of drug-likeness (QED) is 0.515. The van der Waals surface area contributed by atoms with E-state index in [-0.39, 0.29) is 11.1 Å². The molecule has 0 aliphatic heterocycles. The number of carboxylic acid groups (broad SMARTS) is 2. The molecule has 4 nitrogen and oxygen atoms in total. The Hall–Kier alpha value is -1.84. The van der Waals surface area contributed by atoms with Gasteiger partial charge in [0.2, 0.25) is 0 Å². The van der Waals surface area contributed by atoms with E-state index in [0.717, 1.165) is 0 Å². The molecule has 1 atom stereocenters. The molecule has 0 aromatic rings. The highest BCUT2D eigenvalue weighted by atomic mass is 16.4. The fraction of sp³-hybridized carbons (Fsp3) is 0.200. The van der Waals surface area contributed by atoms with E-state index in [0.29, 0.717) is 0 Å². The van der Waals surface area contributed by atoms with Crippen molar-refractivity contribution in [1.82, 2.24) is 0 Å². The molecule has 0 amide bonds. The minimum Gasteiger partial charge on any atom is -0.478 e. The Bertz CT molecular complexity index is 312. The van der Waals surface area contributed by atoms with Crippen molar-refractivity contribution in [2.45, 2.75) is 6.92 Å². The van der Waals surface area contributed by atoms with Crippen molar-refractivity contribution in [3.8, 4) is 0 Å². The zero-order valence-electron chi connectivity index (χ0n) is 7.86. The second-order valence-electron chi connectivity index (χ2n) is 2.75. The summed E-state index contributed by atoms with van der Waals surface area (Å²) in [6.45, 7) is 8.13. The number of carbonyl (C=O) groups is 2. The van der Waals surface area contributed by atoms with Crippen LogP contribution in [-0.4, -0.2) is 22.2 Å². The predicted molar refractivity (Wildman–Crippen MR) is 51.9 cm³/mol. The van der Waals surface area contributed by atoms with E-state index in [2.05, 4.69) is 13.2 Å². The van der Waals surface area contributed by atoms with Crippen LogP contribution >= 0.6 is 0 Å². The highest BCUT2D eigenvalue weighted by Crippen LogP contribution is 2.14. The van der Waals surface area contributed by atoms with E-state index in [1.54, 1.807) is 0 Å². The summed E-state index contributed by atoms with van der Waals surface area (Å²) < 4.78 is 0. The first-order valence-electron chi connectivity index (χ1n) is 3.86. The van der Waals surface area contributed by atoms with Gasteiger partial charge in [0.05, 0.1) is 0 Å². The van der Waals surface area contributed by atoms with Gasteiger partial charge in [-0.1, -0.05) is 18.7 Å². The molecule has 0 radical (unpaired) electrons. The van der Waals surface area contributed by atoms with Crippen molar-refractivity contribution >= 4 is 11.9 Å². The Morgan fingerprint density at radius 2 is 1.79 bits per heavy atom. The Morgan fingerprint density at radius 1 is 1.29 bits per heavy atom. The molecule has 0 saturated heterocycles. The fourth-order valence-corrected chi connectivity index (χ4v) is 0.794. The van der Waals surface area contributed by atoms with Crippen molar-refractivity contribution in [3.63, 3.8) is 0 Å². The predicted octanol–water partition coefficient (Wildman–Crippen LogP) is 1.46. The maximum atomic E-state index is 10.5. The summed E-state index contributed by atoms with van der Waals surface area (Å²) in [5, 5.41) is 17.2. The number of rotatable bonds is 5. The lowest BCUT2D eigenvalue weighted by molar-refractivity contribution is -0.134. The van der Waals surface area contributed by atoms with Crippen LogP contribution in [0.4, 0.5) is 0 Å². The molecule has 14 heavy (non-hydrogen) atoms. The molecular formula is C10H12O4. The molecule has 0 bridgehead atoms. The molecule has 0 saturated carbocycles. The van der Waals surface area contributed by atoms with Crippen LogP contribution in [-0.2, 0) is 9.59 Å². The largest absolute Gasteiger partial charge is 0.478 e. The minimum absolute atomic E-state index is 0.0669. The van der Waals surface area contributed by atoms with Gasteiger partial charge in [-0.05, 0) is 6.92 Å². The SMILES string of the molecule is C=CC(C=C(C)C(=O)O)C(=C)C(=O)O. The third-order valence-corrected chi connectivity index (χ3v) is 1.70. The normalized spacial score (nSPS) is 13.1. The van der Waals surface area contributed by atoms with Crippen LogP contribution < -0.4 is 0 Å². The minimum atomic E-state index is -1.16. The summed E-state index contributed by atoms with van der Waals surface area (Å²) in [6, 6.07) is 0. The Labute approximate surface area is 81.9 Å². The van der Waals surface area contributed by atoms with Gasteiger partial charge in [0, 0.05) is 17.1 Å². The van der Waals surface area contributed by atoms with Gasteiger partial charge in [0.1, 0.15) is 0 Å². The van der Waals surface area contributed by atoms with Gasteiger partial charge in [0.25, 0.3) is 0 Å². The first-order chi connectivity index (χ1) is 6.40.